The molecule has 3 nitrogen and oxygen atoms in total. The zero-order valence-corrected chi connectivity index (χ0v) is 14.5. The summed E-state index contributed by atoms with van der Waals surface area (Å²) in [5.41, 5.74) is 5.43. The summed E-state index contributed by atoms with van der Waals surface area (Å²) < 4.78 is 0. The fraction of sp³-hybridized carbons (Fsp3) is 0.944. The van der Waals surface area contributed by atoms with E-state index in [1.807, 2.05) is 4.90 Å². The molecule has 0 aliphatic rings. The first-order chi connectivity index (χ1) is 10.2. The first-order valence-corrected chi connectivity index (χ1v) is 9.26. The lowest BCUT2D eigenvalue weighted by molar-refractivity contribution is 0.205. The van der Waals surface area contributed by atoms with Crippen LogP contribution >= 0.6 is 0 Å². The van der Waals surface area contributed by atoms with Crippen molar-refractivity contribution >= 4 is 6.03 Å². The van der Waals surface area contributed by atoms with Crippen molar-refractivity contribution in [1.29, 1.82) is 0 Å². The number of nitrogens with zero attached hydrogens (tertiary/aromatic N) is 1. The van der Waals surface area contributed by atoms with Gasteiger partial charge in [0.25, 0.3) is 0 Å². The number of amides is 2. The minimum atomic E-state index is -0.248. The van der Waals surface area contributed by atoms with Gasteiger partial charge in [0.1, 0.15) is 0 Å². The molecule has 0 saturated heterocycles. The third-order valence-corrected chi connectivity index (χ3v) is 4.12. The van der Waals surface area contributed by atoms with Gasteiger partial charge in [-0.1, -0.05) is 84.5 Å². The van der Waals surface area contributed by atoms with Crippen LogP contribution in [-0.2, 0) is 0 Å². The third-order valence-electron chi connectivity index (χ3n) is 4.12. The first-order valence-electron chi connectivity index (χ1n) is 9.26. The number of carbonyl (C=O) groups is 1. The van der Waals surface area contributed by atoms with Gasteiger partial charge in [-0.15, -0.1) is 0 Å². The summed E-state index contributed by atoms with van der Waals surface area (Å²) in [5.74, 6) is 0. The minimum absolute atomic E-state index is 0.248. The Bertz CT molecular complexity index is 231. The van der Waals surface area contributed by atoms with E-state index in [4.69, 9.17) is 5.73 Å². The first kappa shape index (κ1) is 20.3. The molecule has 0 aromatic heterocycles. The van der Waals surface area contributed by atoms with E-state index in [-0.39, 0.29) is 6.03 Å². The Morgan fingerprint density at radius 2 is 1.00 bits per heavy atom. The number of hydrogen-bond donors (Lipinski definition) is 1. The van der Waals surface area contributed by atoms with Gasteiger partial charge in [-0.05, 0) is 12.8 Å². The fourth-order valence-electron chi connectivity index (χ4n) is 2.67. The van der Waals surface area contributed by atoms with Crippen LogP contribution < -0.4 is 5.73 Å². The smallest absolute Gasteiger partial charge is 0.314 e. The maximum absolute atomic E-state index is 11.3. The van der Waals surface area contributed by atoms with Gasteiger partial charge in [0.05, 0.1) is 0 Å². The predicted molar refractivity (Wildman–Crippen MR) is 92.5 cm³/mol. The Balaban J connectivity index is 3.39. The molecule has 126 valence electrons. The van der Waals surface area contributed by atoms with E-state index in [1.165, 1.54) is 70.6 Å². The summed E-state index contributed by atoms with van der Waals surface area (Å²) in [6.45, 7) is 6.12. The number of unbranched alkanes of at least 4 members (excludes halogenated alkanes) is 11. The van der Waals surface area contributed by atoms with Crippen molar-refractivity contribution in [2.75, 3.05) is 13.1 Å². The van der Waals surface area contributed by atoms with Gasteiger partial charge >= 0.3 is 6.03 Å². The zero-order chi connectivity index (χ0) is 15.8. The molecule has 0 aromatic carbocycles. The quantitative estimate of drug-likeness (QED) is 0.400. The van der Waals surface area contributed by atoms with E-state index >= 15 is 0 Å². The molecule has 0 spiro atoms. The van der Waals surface area contributed by atoms with Gasteiger partial charge < -0.3 is 10.6 Å². The van der Waals surface area contributed by atoms with E-state index < -0.39 is 0 Å². The molecule has 3 heteroatoms. The summed E-state index contributed by atoms with van der Waals surface area (Å²) in [6.07, 6.45) is 16.7. The zero-order valence-electron chi connectivity index (χ0n) is 14.5. The molecule has 2 amide bonds. The van der Waals surface area contributed by atoms with Crippen molar-refractivity contribution < 1.29 is 4.79 Å². The van der Waals surface area contributed by atoms with Crippen molar-refractivity contribution in [2.24, 2.45) is 5.73 Å². The maximum Gasteiger partial charge on any atom is 0.314 e. The number of urea groups is 1. The minimum Gasteiger partial charge on any atom is -0.351 e. The van der Waals surface area contributed by atoms with Crippen LogP contribution in [0, 0.1) is 0 Å². The van der Waals surface area contributed by atoms with Gasteiger partial charge in [-0.2, -0.15) is 0 Å². The van der Waals surface area contributed by atoms with Crippen LogP contribution in [0.25, 0.3) is 0 Å². The molecule has 0 rings (SSSR count). The number of nitrogens with two attached hydrogens (primary N) is 1. The fourth-order valence-corrected chi connectivity index (χ4v) is 2.67. The van der Waals surface area contributed by atoms with Gasteiger partial charge in [-0.25, -0.2) is 4.79 Å². The van der Waals surface area contributed by atoms with Gasteiger partial charge in [0.2, 0.25) is 0 Å². The molecule has 0 unspecified atom stereocenters. The number of primary amides is 1. The third kappa shape index (κ3) is 14.0. The van der Waals surface area contributed by atoms with Crippen LogP contribution in [0.15, 0.2) is 0 Å². The molecule has 0 atom stereocenters. The SMILES string of the molecule is CCCCCCCCCCCCN(CCCCC)C(N)=O. The molecule has 0 radical (unpaired) electrons. The second kappa shape index (κ2) is 15.7. The topological polar surface area (TPSA) is 46.3 Å². The monoisotopic (exact) mass is 298 g/mol. The molecule has 0 aliphatic carbocycles. The Labute approximate surface area is 132 Å². The lowest BCUT2D eigenvalue weighted by Gasteiger charge is -2.20. The largest absolute Gasteiger partial charge is 0.351 e. The molecule has 0 aliphatic heterocycles. The van der Waals surface area contributed by atoms with E-state index in [9.17, 15) is 4.79 Å². The average molecular weight is 299 g/mol. The highest BCUT2D eigenvalue weighted by molar-refractivity contribution is 5.71. The second-order valence-corrected chi connectivity index (χ2v) is 6.21. The molecular formula is C18H38N2O. The highest BCUT2D eigenvalue weighted by atomic mass is 16.2. The Morgan fingerprint density at radius 1 is 0.667 bits per heavy atom. The van der Waals surface area contributed by atoms with Crippen molar-refractivity contribution in [1.82, 2.24) is 4.90 Å². The summed E-state index contributed by atoms with van der Waals surface area (Å²) >= 11 is 0. The van der Waals surface area contributed by atoms with Gasteiger partial charge in [-0.3, -0.25) is 0 Å². The van der Waals surface area contributed by atoms with Crippen molar-refractivity contribution in [3.05, 3.63) is 0 Å². The average Bonchev–Trinajstić information content (AvgIpc) is 2.47. The van der Waals surface area contributed by atoms with Gasteiger partial charge in [0, 0.05) is 13.1 Å². The van der Waals surface area contributed by atoms with E-state index in [1.54, 1.807) is 0 Å². The summed E-state index contributed by atoms with van der Waals surface area (Å²) in [5, 5.41) is 0. The van der Waals surface area contributed by atoms with Crippen molar-refractivity contribution in [3.63, 3.8) is 0 Å². The molecule has 0 fully saturated rings. The summed E-state index contributed by atoms with van der Waals surface area (Å²) in [7, 11) is 0. The normalized spacial score (nSPS) is 10.8. The number of rotatable bonds is 15. The molecule has 0 bridgehead atoms. The molecular weight excluding hydrogens is 260 g/mol. The highest BCUT2D eigenvalue weighted by Gasteiger charge is 2.07. The summed E-state index contributed by atoms with van der Waals surface area (Å²) in [4.78, 5) is 13.2. The summed E-state index contributed by atoms with van der Waals surface area (Å²) in [6, 6.07) is -0.248. The molecule has 0 heterocycles. The van der Waals surface area contributed by atoms with Crippen LogP contribution in [-0.4, -0.2) is 24.0 Å². The van der Waals surface area contributed by atoms with Crippen LogP contribution in [0.4, 0.5) is 4.79 Å². The standard InChI is InChI=1S/C18H38N2O/c1-3-5-7-8-9-10-11-12-13-15-17-20(18(19)21)16-14-6-4-2/h3-17H2,1-2H3,(H2,19,21). The second-order valence-electron chi connectivity index (χ2n) is 6.21. The maximum atomic E-state index is 11.3. The van der Waals surface area contributed by atoms with Crippen LogP contribution in [0.5, 0.6) is 0 Å². The Kier molecular flexibility index (Phi) is 15.1. The van der Waals surface area contributed by atoms with Gasteiger partial charge in [0.15, 0.2) is 0 Å². The molecule has 2 N–H and O–H groups in total. The van der Waals surface area contributed by atoms with Crippen molar-refractivity contribution in [3.8, 4) is 0 Å². The lowest BCUT2D eigenvalue weighted by Crippen LogP contribution is -2.37. The number of hydrogen-bond acceptors (Lipinski definition) is 1. The Hall–Kier alpha value is -0.730. The molecule has 0 aromatic rings. The van der Waals surface area contributed by atoms with E-state index in [0.29, 0.717) is 0 Å². The highest BCUT2D eigenvalue weighted by Crippen LogP contribution is 2.11. The van der Waals surface area contributed by atoms with E-state index in [0.717, 1.165) is 25.9 Å². The van der Waals surface area contributed by atoms with E-state index in [2.05, 4.69) is 13.8 Å². The van der Waals surface area contributed by atoms with Crippen LogP contribution in [0.1, 0.15) is 97.3 Å². The van der Waals surface area contributed by atoms with Crippen molar-refractivity contribution in [2.45, 2.75) is 97.3 Å². The lowest BCUT2D eigenvalue weighted by atomic mass is 10.1. The Morgan fingerprint density at radius 3 is 1.43 bits per heavy atom. The van der Waals surface area contributed by atoms with Crippen LogP contribution in [0.2, 0.25) is 0 Å². The predicted octanol–water partition coefficient (Wildman–Crippen LogP) is 5.48. The molecule has 21 heavy (non-hydrogen) atoms. The molecule has 0 saturated carbocycles. The number of carbonyl (C=O) groups excluding carboxylic acids is 1. The van der Waals surface area contributed by atoms with Crippen LogP contribution in [0.3, 0.4) is 0 Å².